The molecular formula is C14H18N2O3. The van der Waals surface area contributed by atoms with Crippen molar-refractivity contribution in [1.29, 1.82) is 0 Å². The molecule has 0 bridgehead atoms. The first-order valence-corrected chi connectivity index (χ1v) is 6.27. The third-order valence-electron chi connectivity index (χ3n) is 3.41. The molecule has 0 aromatic carbocycles. The van der Waals surface area contributed by atoms with Crippen molar-refractivity contribution in [3.05, 3.63) is 30.1 Å². The number of aromatic nitrogens is 1. The summed E-state index contributed by atoms with van der Waals surface area (Å²) in [6.07, 6.45) is 3.30. The SMILES string of the molecule is CC(C)(C)N1C(=O)CC(C(=O)O)C1c1ccncc1. The van der Waals surface area contributed by atoms with E-state index in [-0.39, 0.29) is 12.3 Å². The number of carbonyl (C=O) groups is 2. The van der Waals surface area contributed by atoms with Crippen molar-refractivity contribution in [3.63, 3.8) is 0 Å². The van der Waals surface area contributed by atoms with Crippen LogP contribution in [-0.4, -0.2) is 32.4 Å². The Bertz CT molecular complexity index is 493. The minimum Gasteiger partial charge on any atom is -0.481 e. The third-order valence-corrected chi connectivity index (χ3v) is 3.41. The highest BCUT2D eigenvalue weighted by Crippen LogP contribution is 2.42. The largest absolute Gasteiger partial charge is 0.481 e. The van der Waals surface area contributed by atoms with Crippen molar-refractivity contribution in [1.82, 2.24) is 9.88 Å². The number of rotatable bonds is 2. The molecule has 19 heavy (non-hydrogen) atoms. The van der Waals surface area contributed by atoms with Gasteiger partial charge >= 0.3 is 5.97 Å². The van der Waals surface area contributed by atoms with E-state index < -0.39 is 23.5 Å². The van der Waals surface area contributed by atoms with E-state index >= 15 is 0 Å². The van der Waals surface area contributed by atoms with Crippen LogP contribution in [0.3, 0.4) is 0 Å². The quantitative estimate of drug-likeness (QED) is 0.883. The van der Waals surface area contributed by atoms with Crippen LogP contribution >= 0.6 is 0 Å². The Morgan fingerprint density at radius 1 is 1.37 bits per heavy atom. The Kier molecular flexibility index (Phi) is 3.30. The minimum absolute atomic E-state index is 0.0552. The second kappa shape index (κ2) is 4.64. The van der Waals surface area contributed by atoms with Crippen molar-refractivity contribution in [2.24, 2.45) is 5.92 Å². The molecule has 0 aliphatic carbocycles. The predicted octanol–water partition coefficient (Wildman–Crippen LogP) is 1.85. The van der Waals surface area contributed by atoms with E-state index in [1.807, 2.05) is 20.8 Å². The van der Waals surface area contributed by atoms with Crippen LogP contribution in [0, 0.1) is 5.92 Å². The number of carbonyl (C=O) groups excluding carboxylic acids is 1. The molecule has 5 heteroatoms. The lowest BCUT2D eigenvalue weighted by molar-refractivity contribution is -0.142. The van der Waals surface area contributed by atoms with Crippen LogP contribution in [0.25, 0.3) is 0 Å². The molecular weight excluding hydrogens is 244 g/mol. The number of hydrogen-bond acceptors (Lipinski definition) is 3. The number of pyridine rings is 1. The molecule has 2 unspecified atom stereocenters. The van der Waals surface area contributed by atoms with E-state index in [1.54, 1.807) is 29.4 Å². The molecule has 1 aliphatic rings. The average Bonchev–Trinajstić information content (AvgIpc) is 2.68. The van der Waals surface area contributed by atoms with Crippen molar-refractivity contribution in [2.75, 3.05) is 0 Å². The summed E-state index contributed by atoms with van der Waals surface area (Å²) in [5, 5.41) is 9.35. The number of carboxylic acid groups (broad SMARTS) is 1. The summed E-state index contributed by atoms with van der Waals surface area (Å²) in [7, 11) is 0. The van der Waals surface area contributed by atoms with Crippen molar-refractivity contribution in [3.8, 4) is 0 Å². The second-order valence-electron chi connectivity index (χ2n) is 5.81. The fourth-order valence-corrected chi connectivity index (χ4v) is 2.69. The highest BCUT2D eigenvalue weighted by atomic mass is 16.4. The summed E-state index contributed by atoms with van der Waals surface area (Å²) in [6.45, 7) is 5.76. The Morgan fingerprint density at radius 3 is 2.42 bits per heavy atom. The maximum absolute atomic E-state index is 12.2. The van der Waals surface area contributed by atoms with E-state index in [0.29, 0.717) is 0 Å². The first-order chi connectivity index (χ1) is 8.82. The molecule has 1 amide bonds. The number of carboxylic acids is 1. The van der Waals surface area contributed by atoms with Crippen LogP contribution < -0.4 is 0 Å². The molecule has 0 saturated carbocycles. The lowest BCUT2D eigenvalue weighted by atomic mass is 9.92. The van der Waals surface area contributed by atoms with Crippen LogP contribution in [0.5, 0.6) is 0 Å². The van der Waals surface area contributed by atoms with Gasteiger partial charge in [0.05, 0.1) is 12.0 Å². The number of amides is 1. The van der Waals surface area contributed by atoms with E-state index in [0.717, 1.165) is 5.56 Å². The summed E-state index contributed by atoms with van der Waals surface area (Å²) in [5.74, 6) is -1.74. The lowest BCUT2D eigenvalue weighted by Crippen LogP contribution is -2.44. The Hall–Kier alpha value is -1.91. The molecule has 0 spiro atoms. The molecule has 0 radical (unpaired) electrons. The van der Waals surface area contributed by atoms with Gasteiger partial charge in [-0.3, -0.25) is 14.6 Å². The molecule has 2 rings (SSSR count). The zero-order valence-corrected chi connectivity index (χ0v) is 11.3. The highest BCUT2D eigenvalue weighted by Gasteiger charge is 2.48. The van der Waals surface area contributed by atoms with E-state index in [9.17, 15) is 14.7 Å². The van der Waals surface area contributed by atoms with E-state index in [4.69, 9.17) is 0 Å². The monoisotopic (exact) mass is 262 g/mol. The minimum atomic E-state index is -0.929. The second-order valence-corrected chi connectivity index (χ2v) is 5.81. The highest BCUT2D eigenvalue weighted by molar-refractivity contribution is 5.87. The maximum atomic E-state index is 12.2. The van der Waals surface area contributed by atoms with Gasteiger partial charge < -0.3 is 10.0 Å². The maximum Gasteiger partial charge on any atom is 0.309 e. The lowest BCUT2D eigenvalue weighted by Gasteiger charge is -2.38. The van der Waals surface area contributed by atoms with Crippen LogP contribution in [0.1, 0.15) is 38.8 Å². The standard InChI is InChI=1S/C14H18N2O3/c1-14(2,3)16-11(17)8-10(13(18)19)12(16)9-4-6-15-7-5-9/h4-7,10,12H,8H2,1-3H3,(H,18,19). The number of nitrogens with zero attached hydrogens (tertiary/aromatic N) is 2. The van der Waals surface area contributed by atoms with E-state index in [1.165, 1.54) is 0 Å². The normalized spacial score (nSPS) is 23.7. The van der Waals surface area contributed by atoms with Crippen LogP contribution in [0.15, 0.2) is 24.5 Å². The first-order valence-electron chi connectivity index (χ1n) is 6.27. The third kappa shape index (κ3) is 2.45. The number of likely N-dealkylation sites (tertiary alicyclic amines) is 1. The summed E-state index contributed by atoms with van der Waals surface area (Å²) >= 11 is 0. The number of hydrogen-bond donors (Lipinski definition) is 1. The van der Waals surface area contributed by atoms with Gasteiger partial charge in [-0.05, 0) is 38.5 Å². The summed E-state index contributed by atoms with van der Waals surface area (Å²) in [4.78, 5) is 29.2. The van der Waals surface area contributed by atoms with Gasteiger partial charge in [0.1, 0.15) is 0 Å². The first kappa shape index (κ1) is 13.5. The molecule has 1 aromatic rings. The molecule has 2 atom stereocenters. The molecule has 1 saturated heterocycles. The fraction of sp³-hybridized carbons (Fsp3) is 0.500. The Labute approximate surface area is 112 Å². The zero-order valence-electron chi connectivity index (χ0n) is 11.3. The smallest absolute Gasteiger partial charge is 0.309 e. The van der Waals surface area contributed by atoms with E-state index in [2.05, 4.69) is 4.98 Å². The van der Waals surface area contributed by atoms with Gasteiger partial charge in [0.25, 0.3) is 0 Å². The molecule has 5 nitrogen and oxygen atoms in total. The zero-order chi connectivity index (χ0) is 14.2. The summed E-state index contributed by atoms with van der Waals surface area (Å²) in [5.41, 5.74) is 0.415. The molecule has 1 N–H and O–H groups in total. The van der Waals surface area contributed by atoms with Gasteiger partial charge in [0.2, 0.25) is 5.91 Å². The van der Waals surface area contributed by atoms with Gasteiger partial charge in [-0.15, -0.1) is 0 Å². The number of aliphatic carboxylic acids is 1. The fourth-order valence-electron chi connectivity index (χ4n) is 2.69. The Balaban J connectivity index is 2.48. The van der Waals surface area contributed by atoms with Gasteiger partial charge in [-0.1, -0.05) is 0 Å². The molecule has 1 aromatic heterocycles. The van der Waals surface area contributed by atoms with Crippen LogP contribution in [-0.2, 0) is 9.59 Å². The molecule has 102 valence electrons. The average molecular weight is 262 g/mol. The van der Waals surface area contributed by atoms with Crippen molar-refractivity contribution in [2.45, 2.75) is 38.8 Å². The van der Waals surface area contributed by atoms with Gasteiger partial charge in [0.15, 0.2) is 0 Å². The summed E-state index contributed by atoms with van der Waals surface area (Å²) in [6, 6.07) is 3.13. The van der Waals surface area contributed by atoms with Crippen LogP contribution in [0.4, 0.5) is 0 Å². The predicted molar refractivity (Wildman–Crippen MR) is 69.3 cm³/mol. The van der Waals surface area contributed by atoms with Crippen LogP contribution in [0.2, 0.25) is 0 Å². The Morgan fingerprint density at radius 2 is 1.95 bits per heavy atom. The van der Waals surface area contributed by atoms with Crippen molar-refractivity contribution >= 4 is 11.9 Å². The van der Waals surface area contributed by atoms with Crippen molar-refractivity contribution < 1.29 is 14.7 Å². The molecule has 1 aliphatic heterocycles. The molecule has 1 fully saturated rings. The van der Waals surface area contributed by atoms with Gasteiger partial charge in [-0.25, -0.2) is 0 Å². The topological polar surface area (TPSA) is 70.5 Å². The van der Waals surface area contributed by atoms with Gasteiger partial charge in [0, 0.05) is 24.4 Å². The van der Waals surface area contributed by atoms with Gasteiger partial charge in [-0.2, -0.15) is 0 Å². The molecule has 2 heterocycles. The summed E-state index contributed by atoms with van der Waals surface area (Å²) < 4.78 is 0.